The second kappa shape index (κ2) is 6.21. The molecule has 1 aromatic heterocycles. The van der Waals surface area contributed by atoms with Crippen molar-refractivity contribution in [3.63, 3.8) is 0 Å². The van der Waals surface area contributed by atoms with E-state index in [4.69, 9.17) is 5.11 Å². The predicted molar refractivity (Wildman–Crippen MR) is 73.9 cm³/mol. The van der Waals surface area contributed by atoms with E-state index in [1.54, 1.807) is 0 Å². The van der Waals surface area contributed by atoms with Gasteiger partial charge in [0.15, 0.2) is 5.69 Å². The number of hydrogen-bond donors (Lipinski definition) is 3. The van der Waals surface area contributed by atoms with E-state index in [1.807, 2.05) is 0 Å². The van der Waals surface area contributed by atoms with Crippen molar-refractivity contribution in [3.05, 3.63) is 54.0 Å². The van der Waals surface area contributed by atoms with Crippen molar-refractivity contribution >= 4 is 11.8 Å². The van der Waals surface area contributed by atoms with Crippen LogP contribution in [0.4, 0.5) is 19.0 Å². The molecular weight excluding hydrogens is 315 g/mol. The summed E-state index contributed by atoms with van der Waals surface area (Å²) in [4.78, 5) is 17.8. The number of alkyl halides is 3. The smallest absolute Gasteiger partial charge is 0.423 e. The number of carboxylic acid groups (broad SMARTS) is 1. The third-order valence-corrected chi connectivity index (χ3v) is 3.12. The summed E-state index contributed by atoms with van der Waals surface area (Å²) in [6.07, 6.45) is -3.04. The van der Waals surface area contributed by atoms with Gasteiger partial charge in [-0.3, -0.25) is 0 Å². The second-order valence-electron chi connectivity index (χ2n) is 4.67. The first-order valence-corrected chi connectivity index (χ1v) is 6.38. The van der Waals surface area contributed by atoms with Crippen LogP contribution in [-0.4, -0.2) is 38.9 Å². The van der Waals surface area contributed by atoms with Crippen LogP contribution in [0, 0.1) is 0 Å². The van der Waals surface area contributed by atoms with Gasteiger partial charge in [-0.15, -0.1) is 0 Å². The first kappa shape index (κ1) is 16.7. The number of aromatic nitrogens is 2. The van der Waals surface area contributed by atoms with Crippen molar-refractivity contribution in [1.82, 2.24) is 9.97 Å². The molecule has 2 aromatic rings. The lowest BCUT2D eigenvalue weighted by Crippen LogP contribution is -2.47. The lowest BCUT2D eigenvalue weighted by molar-refractivity contribution is -0.260. The maximum absolute atomic E-state index is 13.3. The van der Waals surface area contributed by atoms with Crippen molar-refractivity contribution in [1.29, 1.82) is 0 Å². The van der Waals surface area contributed by atoms with E-state index in [-0.39, 0.29) is 17.1 Å². The van der Waals surface area contributed by atoms with Crippen molar-refractivity contribution in [2.24, 2.45) is 0 Å². The van der Waals surface area contributed by atoms with Gasteiger partial charge in [0.2, 0.25) is 5.60 Å². The first-order valence-electron chi connectivity index (χ1n) is 6.38. The van der Waals surface area contributed by atoms with Gasteiger partial charge in [-0.25, -0.2) is 14.8 Å². The van der Waals surface area contributed by atoms with Crippen molar-refractivity contribution in [2.75, 3.05) is 11.9 Å². The van der Waals surface area contributed by atoms with Crippen LogP contribution in [0.2, 0.25) is 0 Å². The summed E-state index contributed by atoms with van der Waals surface area (Å²) in [5.41, 5.74) is -3.79. The van der Waals surface area contributed by atoms with Crippen LogP contribution in [0.15, 0.2) is 42.7 Å². The minimum atomic E-state index is -4.92. The summed E-state index contributed by atoms with van der Waals surface area (Å²) >= 11 is 0. The maximum atomic E-state index is 13.3. The minimum Gasteiger partial charge on any atom is -0.476 e. The Labute approximate surface area is 128 Å². The van der Waals surface area contributed by atoms with Gasteiger partial charge in [0.25, 0.3) is 0 Å². The number of aliphatic hydroxyl groups is 1. The van der Waals surface area contributed by atoms with E-state index < -0.39 is 24.3 Å². The normalized spacial score (nSPS) is 14.1. The summed E-state index contributed by atoms with van der Waals surface area (Å²) in [5, 5.41) is 21.1. The number of nitrogens with one attached hydrogen (secondary N) is 1. The Morgan fingerprint density at radius 3 is 2.26 bits per heavy atom. The first-order chi connectivity index (χ1) is 10.7. The number of aromatic carboxylic acids is 1. The number of nitrogens with zero attached hydrogens (tertiary/aromatic N) is 2. The van der Waals surface area contributed by atoms with Crippen LogP contribution in [0.1, 0.15) is 16.1 Å². The Bertz CT molecular complexity index is 677. The molecule has 0 aliphatic heterocycles. The van der Waals surface area contributed by atoms with Crippen LogP contribution in [0.3, 0.4) is 0 Å². The van der Waals surface area contributed by atoms with E-state index in [0.717, 1.165) is 24.5 Å². The predicted octanol–water partition coefficient (Wildman–Crippen LogP) is 2.04. The molecule has 0 spiro atoms. The number of anilines is 1. The molecular formula is C14H12F3N3O3. The van der Waals surface area contributed by atoms with Crippen LogP contribution in [-0.2, 0) is 5.60 Å². The van der Waals surface area contributed by atoms with Crippen LogP contribution in [0.25, 0.3) is 0 Å². The average Bonchev–Trinajstić information content (AvgIpc) is 2.52. The number of rotatable bonds is 5. The summed E-state index contributed by atoms with van der Waals surface area (Å²) in [5.74, 6) is -1.39. The molecule has 0 aliphatic rings. The number of carbonyl (C=O) groups is 1. The zero-order valence-electron chi connectivity index (χ0n) is 11.6. The fourth-order valence-corrected chi connectivity index (χ4v) is 1.83. The van der Waals surface area contributed by atoms with Crippen molar-refractivity contribution in [2.45, 2.75) is 11.8 Å². The van der Waals surface area contributed by atoms with E-state index in [0.29, 0.717) is 0 Å². The lowest BCUT2D eigenvalue weighted by atomic mass is 9.93. The highest BCUT2D eigenvalue weighted by atomic mass is 19.4. The number of hydrogen-bond acceptors (Lipinski definition) is 5. The standard InChI is InChI=1S/C14H12F3N3O3/c15-14(16,17)13(23,9-4-2-1-3-5-9)8-20-11-7-18-10(6-19-11)12(21)22/h1-7,23H,8H2,(H,19,20)(H,21,22). The Balaban J connectivity index is 2.21. The molecule has 0 saturated carbocycles. The van der Waals surface area contributed by atoms with Crippen LogP contribution < -0.4 is 5.32 Å². The zero-order valence-corrected chi connectivity index (χ0v) is 11.6. The second-order valence-corrected chi connectivity index (χ2v) is 4.67. The summed E-state index contributed by atoms with van der Waals surface area (Å²) in [6.45, 7) is -0.901. The van der Waals surface area contributed by atoms with E-state index >= 15 is 0 Å². The van der Waals surface area contributed by atoms with E-state index in [9.17, 15) is 23.1 Å². The Kier molecular flexibility index (Phi) is 4.50. The van der Waals surface area contributed by atoms with E-state index in [2.05, 4.69) is 15.3 Å². The minimum absolute atomic E-state index is 0.0893. The quantitative estimate of drug-likeness (QED) is 0.778. The molecule has 0 amide bonds. The molecule has 0 saturated heterocycles. The molecule has 2 rings (SSSR count). The van der Waals surface area contributed by atoms with Gasteiger partial charge in [-0.05, 0) is 5.56 Å². The Morgan fingerprint density at radius 2 is 1.78 bits per heavy atom. The highest BCUT2D eigenvalue weighted by Gasteiger charge is 2.54. The molecule has 6 nitrogen and oxygen atoms in total. The Morgan fingerprint density at radius 1 is 1.13 bits per heavy atom. The molecule has 1 aromatic carbocycles. The van der Waals surface area contributed by atoms with Gasteiger partial charge in [-0.1, -0.05) is 30.3 Å². The maximum Gasteiger partial charge on any atom is 0.423 e. The molecule has 0 radical (unpaired) electrons. The van der Waals surface area contributed by atoms with Gasteiger partial charge in [0.1, 0.15) is 5.82 Å². The average molecular weight is 327 g/mol. The summed E-state index contributed by atoms with van der Waals surface area (Å²) in [7, 11) is 0. The summed E-state index contributed by atoms with van der Waals surface area (Å²) in [6, 6.07) is 6.62. The fourth-order valence-electron chi connectivity index (χ4n) is 1.83. The molecule has 122 valence electrons. The van der Waals surface area contributed by atoms with Crippen LogP contribution in [0.5, 0.6) is 0 Å². The third kappa shape index (κ3) is 3.57. The molecule has 0 aliphatic carbocycles. The molecule has 0 bridgehead atoms. The highest BCUT2D eigenvalue weighted by Crippen LogP contribution is 2.38. The van der Waals surface area contributed by atoms with Gasteiger partial charge in [-0.2, -0.15) is 13.2 Å². The lowest BCUT2D eigenvalue weighted by Gasteiger charge is -2.31. The van der Waals surface area contributed by atoms with Crippen LogP contribution >= 0.6 is 0 Å². The molecule has 9 heteroatoms. The van der Waals surface area contributed by atoms with Gasteiger partial charge in [0.05, 0.1) is 18.9 Å². The van der Waals surface area contributed by atoms with Gasteiger partial charge in [0, 0.05) is 0 Å². The zero-order chi connectivity index (χ0) is 17.1. The fraction of sp³-hybridized carbons (Fsp3) is 0.214. The largest absolute Gasteiger partial charge is 0.476 e. The molecule has 1 unspecified atom stereocenters. The van der Waals surface area contributed by atoms with Crippen molar-refractivity contribution in [3.8, 4) is 0 Å². The number of halogens is 3. The van der Waals surface area contributed by atoms with E-state index in [1.165, 1.54) is 18.2 Å². The number of benzene rings is 1. The topological polar surface area (TPSA) is 95.3 Å². The molecule has 1 atom stereocenters. The SMILES string of the molecule is O=C(O)c1cnc(NCC(O)(c2ccccc2)C(F)(F)F)cn1. The highest BCUT2D eigenvalue weighted by molar-refractivity contribution is 5.84. The van der Waals surface area contributed by atoms with Gasteiger partial charge >= 0.3 is 12.1 Å². The number of carboxylic acids is 1. The monoisotopic (exact) mass is 327 g/mol. The summed E-state index contributed by atoms with van der Waals surface area (Å²) < 4.78 is 39.8. The third-order valence-electron chi connectivity index (χ3n) is 3.12. The van der Waals surface area contributed by atoms with Gasteiger partial charge < -0.3 is 15.5 Å². The molecule has 0 fully saturated rings. The Hall–Kier alpha value is -2.68. The van der Waals surface area contributed by atoms with Crippen molar-refractivity contribution < 1.29 is 28.2 Å². The molecule has 3 N–H and O–H groups in total. The molecule has 1 heterocycles. The molecule has 23 heavy (non-hydrogen) atoms.